The normalized spacial score (nSPS) is 39.2. The number of carbonyl (C=O) groups is 3. The van der Waals surface area contributed by atoms with Crippen molar-refractivity contribution in [1.29, 1.82) is 0 Å². The van der Waals surface area contributed by atoms with Crippen molar-refractivity contribution in [3.8, 4) is 0 Å². The highest BCUT2D eigenvalue weighted by atomic mass is 16.2. The van der Waals surface area contributed by atoms with E-state index in [4.69, 9.17) is 0 Å². The van der Waals surface area contributed by atoms with Crippen LogP contribution in [0.4, 0.5) is 4.79 Å². The molecule has 4 fully saturated rings. The van der Waals surface area contributed by atoms with Gasteiger partial charge in [0, 0.05) is 6.04 Å². The van der Waals surface area contributed by atoms with Crippen LogP contribution in [0.2, 0.25) is 0 Å². The fraction of sp³-hybridized carbons (Fsp3) is 0.833. The standard InChI is InChI=1S/C18H27N3O3/c1-10(14-8-11-3-4-12(14)7-11)19-15(22)9-21-16(23)18(2,13-5-6-13)20-17(21)24/h10-14H,3-9H2,1-2H3,(H,19,22)(H,20,24)/t10-,11-,12-,14-,18-/m0/s1. The third-order valence-corrected chi connectivity index (χ3v) is 6.82. The van der Waals surface area contributed by atoms with Gasteiger partial charge in [-0.05, 0) is 69.6 Å². The van der Waals surface area contributed by atoms with E-state index >= 15 is 0 Å². The van der Waals surface area contributed by atoms with Crippen LogP contribution in [0, 0.1) is 23.7 Å². The molecule has 0 aromatic heterocycles. The smallest absolute Gasteiger partial charge is 0.325 e. The first-order valence-corrected chi connectivity index (χ1v) is 9.32. The molecule has 0 spiro atoms. The van der Waals surface area contributed by atoms with Crippen molar-refractivity contribution in [3.05, 3.63) is 0 Å². The summed E-state index contributed by atoms with van der Waals surface area (Å²) in [5, 5.41) is 5.82. The van der Waals surface area contributed by atoms with Crippen molar-refractivity contribution in [3.63, 3.8) is 0 Å². The molecule has 6 nitrogen and oxygen atoms in total. The number of fused-ring (bicyclic) bond motifs is 2. The minimum atomic E-state index is -0.812. The molecule has 3 saturated carbocycles. The zero-order valence-corrected chi connectivity index (χ0v) is 14.5. The molecule has 4 aliphatic rings. The van der Waals surface area contributed by atoms with Gasteiger partial charge in [0.15, 0.2) is 0 Å². The molecule has 1 heterocycles. The lowest BCUT2D eigenvalue weighted by atomic mass is 9.84. The Morgan fingerprint density at radius 2 is 2.04 bits per heavy atom. The van der Waals surface area contributed by atoms with E-state index in [2.05, 4.69) is 17.6 Å². The van der Waals surface area contributed by atoms with Crippen LogP contribution in [0.1, 0.15) is 52.4 Å². The van der Waals surface area contributed by atoms with Gasteiger partial charge in [-0.15, -0.1) is 0 Å². The Morgan fingerprint density at radius 1 is 1.29 bits per heavy atom. The molecule has 2 bridgehead atoms. The quantitative estimate of drug-likeness (QED) is 0.751. The summed E-state index contributed by atoms with van der Waals surface area (Å²) in [6, 6.07) is -0.319. The van der Waals surface area contributed by atoms with Gasteiger partial charge in [-0.2, -0.15) is 0 Å². The van der Waals surface area contributed by atoms with Gasteiger partial charge in [-0.25, -0.2) is 4.79 Å². The average molecular weight is 333 g/mol. The van der Waals surface area contributed by atoms with Gasteiger partial charge in [0.1, 0.15) is 12.1 Å². The first kappa shape index (κ1) is 15.9. The van der Waals surface area contributed by atoms with Crippen molar-refractivity contribution >= 4 is 17.8 Å². The number of carbonyl (C=O) groups excluding carboxylic acids is 3. The van der Waals surface area contributed by atoms with Gasteiger partial charge in [0.05, 0.1) is 0 Å². The summed E-state index contributed by atoms with van der Waals surface area (Å²) in [5.74, 6) is 1.86. The minimum absolute atomic E-state index is 0.114. The lowest BCUT2D eigenvalue weighted by Crippen LogP contribution is -2.48. The Bertz CT molecular complexity index is 588. The van der Waals surface area contributed by atoms with Gasteiger partial charge in [-0.3, -0.25) is 14.5 Å². The lowest BCUT2D eigenvalue weighted by Gasteiger charge is -2.29. The Kier molecular flexibility index (Phi) is 3.62. The molecule has 0 unspecified atom stereocenters. The predicted molar refractivity (Wildman–Crippen MR) is 87.9 cm³/mol. The number of nitrogens with zero attached hydrogens (tertiary/aromatic N) is 1. The van der Waals surface area contributed by atoms with E-state index in [1.807, 2.05) is 0 Å². The highest BCUT2D eigenvalue weighted by molar-refractivity contribution is 6.09. The molecule has 0 aromatic rings. The maximum absolute atomic E-state index is 12.6. The van der Waals surface area contributed by atoms with E-state index in [0.29, 0.717) is 5.92 Å². The number of hydrogen-bond acceptors (Lipinski definition) is 3. The van der Waals surface area contributed by atoms with E-state index in [-0.39, 0.29) is 30.3 Å². The van der Waals surface area contributed by atoms with E-state index in [1.54, 1.807) is 6.92 Å². The Labute approximate surface area is 142 Å². The van der Waals surface area contributed by atoms with E-state index in [1.165, 1.54) is 25.7 Å². The van der Waals surface area contributed by atoms with Gasteiger partial charge >= 0.3 is 6.03 Å². The number of nitrogens with one attached hydrogen (secondary N) is 2. The van der Waals surface area contributed by atoms with Crippen LogP contribution in [0.5, 0.6) is 0 Å². The monoisotopic (exact) mass is 333 g/mol. The molecule has 0 aromatic carbocycles. The second-order valence-corrected chi connectivity index (χ2v) is 8.49. The van der Waals surface area contributed by atoms with E-state index in [9.17, 15) is 14.4 Å². The Balaban J connectivity index is 1.34. The fourth-order valence-electron chi connectivity index (χ4n) is 5.25. The topological polar surface area (TPSA) is 78.5 Å². The predicted octanol–water partition coefficient (Wildman–Crippen LogP) is 1.65. The molecule has 24 heavy (non-hydrogen) atoms. The number of amides is 4. The molecular weight excluding hydrogens is 306 g/mol. The first-order valence-electron chi connectivity index (χ1n) is 9.32. The van der Waals surface area contributed by atoms with Crippen LogP contribution in [0.25, 0.3) is 0 Å². The minimum Gasteiger partial charge on any atom is -0.352 e. The lowest BCUT2D eigenvalue weighted by molar-refractivity contribution is -0.135. The summed E-state index contributed by atoms with van der Waals surface area (Å²) < 4.78 is 0. The van der Waals surface area contributed by atoms with E-state index in [0.717, 1.165) is 29.6 Å². The average Bonchev–Trinajstić information content (AvgIpc) is 3.13. The summed E-state index contributed by atoms with van der Waals surface area (Å²) in [4.78, 5) is 38.2. The molecule has 2 N–H and O–H groups in total. The molecule has 4 amide bonds. The van der Waals surface area contributed by atoms with Gasteiger partial charge in [-0.1, -0.05) is 6.42 Å². The van der Waals surface area contributed by atoms with Crippen LogP contribution >= 0.6 is 0 Å². The summed E-state index contributed by atoms with van der Waals surface area (Å²) in [6.07, 6.45) is 7.05. The zero-order chi connectivity index (χ0) is 17.1. The number of urea groups is 1. The molecule has 3 aliphatic carbocycles. The number of hydrogen-bond donors (Lipinski definition) is 2. The van der Waals surface area contributed by atoms with Gasteiger partial charge < -0.3 is 10.6 Å². The van der Waals surface area contributed by atoms with Crippen LogP contribution in [-0.4, -0.2) is 40.9 Å². The van der Waals surface area contributed by atoms with Crippen molar-refractivity contribution in [2.45, 2.75) is 64.0 Å². The number of rotatable bonds is 5. The maximum Gasteiger partial charge on any atom is 0.325 e. The molecule has 6 heteroatoms. The fourth-order valence-corrected chi connectivity index (χ4v) is 5.25. The van der Waals surface area contributed by atoms with Crippen molar-refractivity contribution in [2.75, 3.05) is 6.54 Å². The summed E-state index contributed by atoms with van der Waals surface area (Å²) >= 11 is 0. The highest BCUT2D eigenvalue weighted by Crippen LogP contribution is 2.49. The highest BCUT2D eigenvalue weighted by Gasteiger charge is 2.56. The Morgan fingerprint density at radius 3 is 2.62 bits per heavy atom. The van der Waals surface area contributed by atoms with Crippen molar-refractivity contribution in [1.82, 2.24) is 15.5 Å². The first-order chi connectivity index (χ1) is 11.4. The zero-order valence-electron chi connectivity index (χ0n) is 14.5. The largest absolute Gasteiger partial charge is 0.352 e. The van der Waals surface area contributed by atoms with Gasteiger partial charge in [0.25, 0.3) is 5.91 Å². The van der Waals surface area contributed by atoms with Crippen LogP contribution in [0.15, 0.2) is 0 Å². The van der Waals surface area contributed by atoms with Crippen molar-refractivity contribution in [2.24, 2.45) is 23.7 Å². The Hall–Kier alpha value is -1.59. The molecule has 5 atom stereocenters. The van der Waals surface area contributed by atoms with Crippen LogP contribution < -0.4 is 10.6 Å². The van der Waals surface area contributed by atoms with Crippen molar-refractivity contribution < 1.29 is 14.4 Å². The summed E-state index contributed by atoms with van der Waals surface area (Å²) in [7, 11) is 0. The second-order valence-electron chi connectivity index (χ2n) is 8.49. The second kappa shape index (κ2) is 5.46. The molecule has 1 aliphatic heterocycles. The van der Waals surface area contributed by atoms with Gasteiger partial charge in [0.2, 0.25) is 5.91 Å². The number of imide groups is 1. The third-order valence-electron chi connectivity index (χ3n) is 6.82. The molecule has 132 valence electrons. The third kappa shape index (κ3) is 2.50. The van der Waals surface area contributed by atoms with Crippen LogP contribution in [-0.2, 0) is 9.59 Å². The molecular formula is C18H27N3O3. The molecule has 4 rings (SSSR count). The SMILES string of the molecule is C[C@H](NC(=O)CN1C(=O)N[C@@](C)(C2CC2)C1=O)[C@@H]1C[C@H]2CC[C@H]1C2. The van der Waals surface area contributed by atoms with Crippen LogP contribution in [0.3, 0.4) is 0 Å². The molecule has 0 radical (unpaired) electrons. The maximum atomic E-state index is 12.6. The van der Waals surface area contributed by atoms with E-state index < -0.39 is 11.6 Å². The summed E-state index contributed by atoms with van der Waals surface area (Å²) in [5.41, 5.74) is -0.812. The molecule has 1 saturated heterocycles. The summed E-state index contributed by atoms with van der Waals surface area (Å²) in [6.45, 7) is 3.67.